The van der Waals surface area contributed by atoms with Gasteiger partial charge >= 0.3 is 6.18 Å². The van der Waals surface area contributed by atoms with Crippen LogP contribution in [0.5, 0.6) is 5.88 Å². The maximum Gasteiger partial charge on any atom is 0.434 e. The molecule has 0 spiro atoms. The van der Waals surface area contributed by atoms with Crippen LogP contribution in [0.3, 0.4) is 0 Å². The third kappa shape index (κ3) is 5.53. The second-order valence-corrected chi connectivity index (χ2v) is 12.6. The van der Waals surface area contributed by atoms with Gasteiger partial charge < -0.3 is 9.30 Å². The molecule has 0 radical (unpaired) electrons. The monoisotopic (exact) mass is 617 g/mol. The maximum atomic E-state index is 15.1. The molecule has 2 aliphatic carbocycles. The van der Waals surface area contributed by atoms with Gasteiger partial charge in [-0.15, -0.1) is 0 Å². The molecule has 2 aliphatic rings. The van der Waals surface area contributed by atoms with Gasteiger partial charge in [0.15, 0.2) is 11.5 Å². The van der Waals surface area contributed by atoms with Crippen LogP contribution in [0.4, 0.5) is 23.4 Å². The van der Waals surface area contributed by atoms with Gasteiger partial charge in [-0.1, -0.05) is 24.3 Å². The van der Waals surface area contributed by atoms with E-state index >= 15 is 4.39 Å². The molecule has 3 aromatic heterocycles. The van der Waals surface area contributed by atoms with Crippen molar-refractivity contribution in [3.63, 3.8) is 0 Å². The first kappa shape index (κ1) is 29.0. The summed E-state index contributed by atoms with van der Waals surface area (Å²) in [4.78, 5) is 21.5. The highest BCUT2D eigenvalue weighted by Crippen LogP contribution is 2.46. The Kier molecular flexibility index (Phi) is 7.10. The van der Waals surface area contributed by atoms with Crippen molar-refractivity contribution in [2.45, 2.75) is 50.5 Å². The molecular formula is C28H27F4N7O3S. The summed E-state index contributed by atoms with van der Waals surface area (Å²) in [5.74, 6) is 0.594. The quantitative estimate of drug-likeness (QED) is 0.249. The Balaban J connectivity index is 1.41. The van der Waals surface area contributed by atoms with Gasteiger partial charge in [0, 0.05) is 30.3 Å². The molecule has 1 saturated carbocycles. The lowest BCUT2D eigenvalue weighted by molar-refractivity contribution is -0.140. The molecule has 6 rings (SSSR count). The van der Waals surface area contributed by atoms with E-state index in [4.69, 9.17) is 4.74 Å². The van der Waals surface area contributed by atoms with Crippen LogP contribution in [-0.4, -0.2) is 51.3 Å². The summed E-state index contributed by atoms with van der Waals surface area (Å²) in [5, 5.41) is 0. The van der Waals surface area contributed by atoms with E-state index in [2.05, 4.69) is 24.9 Å². The van der Waals surface area contributed by atoms with Crippen LogP contribution in [0, 0.1) is 0 Å². The third-order valence-electron chi connectivity index (χ3n) is 7.53. The highest BCUT2D eigenvalue weighted by molar-refractivity contribution is 7.92. The number of methoxy groups -OCH3 is 1. The summed E-state index contributed by atoms with van der Waals surface area (Å²) < 4.78 is 88.9. The van der Waals surface area contributed by atoms with Crippen molar-refractivity contribution >= 4 is 15.8 Å². The average Bonchev–Trinajstić information content (AvgIpc) is 3.63. The van der Waals surface area contributed by atoms with Crippen LogP contribution in [0.2, 0.25) is 0 Å². The van der Waals surface area contributed by atoms with Crippen LogP contribution >= 0.6 is 0 Å². The van der Waals surface area contributed by atoms with E-state index in [9.17, 15) is 21.6 Å². The molecule has 1 fully saturated rings. The van der Waals surface area contributed by atoms with Crippen molar-refractivity contribution in [1.29, 1.82) is 0 Å². The number of sulfonamides is 1. The Bertz CT molecular complexity index is 1810. The Morgan fingerprint density at radius 1 is 1.05 bits per heavy atom. The number of imidazole rings is 1. The molecule has 1 unspecified atom stereocenters. The smallest absolute Gasteiger partial charge is 0.434 e. The zero-order valence-corrected chi connectivity index (χ0v) is 24.2. The van der Waals surface area contributed by atoms with Gasteiger partial charge in [-0.05, 0) is 31.2 Å². The first-order valence-corrected chi connectivity index (χ1v) is 15.3. The highest BCUT2D eigenvalue weighted by Gasteiger charge is 2.37. The number of anilines is 1. The van der Waals surface area contributed by atoms with E-state index in [-0.39, 0.29) is 54.3 Å². The van der Waals surface area contributed by atoms with E-state index in [0.717, 1.165) is 29.6 Å². The molecule has 3 heterocycles. The molecule has 0 saturated heterocycles. The van der Waals surface area contributed by atoms with E-state index < -0.39 is 28.1 Å². The Morgan fingerprint density at radius 2 is 1.77 bits per heavy atom. The van der Waals surface area contributed by atoms with Crippen molar-refractivity contribution in [3.8, 4) is 28.7 Å². The summed E-state index contributed by atoms with van der Waals surface area (Å²) in [7, 11) is -1.05. The van der Waals surface area contributed by atoms with Gasteiger partial charge in [0.05, 0.1) is 31.3 Å². The minimum absolute atomic E-state index is 0.0540. The fourth-order valence-corrected chi connectivity index (χ4v) is 6.12. The predicted octanol–water partition coefficient (Wildman–Crippen LogP) is 5.16. The molecule has 0 amide bonds. The van der Waals surface area contributed by atoms with Crippen LogP contribution < -0.4 is 9.04 Å². The first-order chi connectivity index (χ1) is 20.3. The number of aromatic nitrogens is 6. The summed E-state index contributed by atoms with van der Waals surface area (Å²) in [6.07, 6.45) is -0.497. The number of fused-ring (bicyclic) bond motifs is 1. The second-order valence-electron chi connectivity index (χ2n) is 10.7. The molecule has 0 N–H and O–H groups in total. The molecular weight excluding hydrogens is 590 g/mol. The third-order valence-corrected chi connectivity index (χ3v) is 8.63. The lowest BCUT2D eigenvalue weighted by Gasteiger charge is -2.25. The van der Waals surface area contributed by atoms with E-state index in [1.807, 2.05) is 0 Å². The Hall–Kier alpha value is -4.14. The molecule has 1 aromatic carbocycles. The standard InChI is InChI=1S/C28H27F4N7O3S/c1-38-13-20(28(30,31)32)35-25(38)17-6-4-15(5-7-17)12-39(43(3,40)41)26-18-10-11-19(29)23(18)36-24(37-26)21-22(16-8-9-16)33-14-34-27(21)42-2/h4-7,13-14,16,19H,8-12H2,1-3H3. The first-order valence-electron chi connectivity index (χ1n) is 13.5. The molecule has 4 aromatic rings. The van der Waals surface area contributed by atoms with E-state index in [1.165, 1.54) is 25.1 Å². The van der Waals surface area contributed by atoms with Gasteiger partial charge in [-0.25, -0.2) is 42.0 Å². The van der Waals surface area contributed by atoms with Gasteiger partial charge in [0.25, 0.3) is 0 Å². The zero-order chi connectivity index (χ0) is 30.7. The van der Waals surface area contributed by atoms with Gasteiger partial charge in [-0.2, -0.15) is 13.2 Å². The number of benzene rings is 1. The summed E-state index contributed by atoms with van der Waals surface area (Å²) in [5.41, 5.74) is 1.52. The Morgan fingerprint density at radius 3 is 2.37 bits per heavy atom. The Labute approximate surface area is 244 Å². The van der Waals surface area contributed by atoms with Gasteiger partial charge in [0.1, 0.15) is 29.7 Å². The molecule has 0 aliphatic heterocycles. The second kappa shape index (κ2) is 10.5. The predicted molar refractivity (Wildman–Crippen MR) is 148 cm³/mol. The highest BCUT2D eigenvalue weighted by atomic mass is 32.2. The SMILES string of the molecule is COc1ncnc(C2CC2)c1-c1nc2c(c(N(Cc3ccc(-c4nc(C(F)(F)F)cn4C)cc3)S(C)(=O)=O)n1)CCC2F. The number of halogens is 4. The minimum Gasteiger partial charge on any atom is -0.480 e. The van der Waals surface area contributed by atoms with Gasteiger partial charge in [-0.3, -0.25) is 0 Å². The van der Waals surface area contributed by atoms with Crippen LogP contribution in [0.15, 0.2) is 36.8 Å². The normalized spacial score (nSPS) is 16.8. The van der Waals surface area contributed by atoms with E-state index in [0.29, 0.717) is 27.9 Å². The number of aryl methyl sites for hydroxylation is 1. The number of alkyl halides is 4. The van der Waals surface area contributed by atoms with Crippen molar-refractivity contribution in [2.24, 2.45) is 7.05 Å². The average molecular weight is 618 g/mol. The van der Waals surface area contributed by atoms with E-state index in [1.54, 1.807) is 24.3 Å². The molecule has 226 valence electrons. The van der Waals surface area contributed by atoms with Crippen LogP contribution in [-0.2, 0) is 36.2 Å². The maximum absolute atomic E-state index is 15.1. The molecule has 10 nitrogen and oxygen atoms in total. The lowest BCUT2D eigenvalue weighted by Crippen LogP contribution is -2.31. The van der Waals surface area contributed by atoms with Crippen molar-refractivity contribution in [3.05, 3.63) is 65.0 Å². The van der Waals surface area contributed by atoms with Crippen LogP contribution in [0.1, 0.15) is 59.6 Å². The fourth-order valence-electron chi connectivity index (χ4n) is 5.27. The summed E-state index contributed by atoms with van der Waals surface area (Å²) >= 11 is 0. The van der Waals surface area contributed by atoms with Crippen molar-refractivity contribution in [1.82, 2.24) is 29.5 Å². The summed E-state index contributed by atoms with van der Waals surface area (Å²) in [6, 6.07) is 6.35. The number of ether oxygens (including phenoxy) is 1. The number of nitrogens with zero attached hydrogens (tertiary/aromatic N) is 7. The molecule has 1 atom stereocenters. The molecule has 0 bridgehead atoms. The fraction of sp³-hybridized carbons (Fsp3) is 0.393. The number of hydrogen-bond acceptors (Lipinski definition) is 8. The topological polar surface area (TPSA) is 116 Å². The zero-order valence-electron chi connectivity index (χ0n) is 23.4. The molecule has 43 heavy (non-hydrogen) atoms. The van der Waals surface area contributed by atoms with Crippen molar-refractivity contribution < 1.29 is 30.7 Å². The summed E-state index contributed by atoms with van der Waals surface area (Å²) in [6.45, 7) is -0.161. The minimum atomic E-state index is -4.59. The van der Waals surface area contributed by atoms with Crippen LogP contribution in [0.25, 0.3) is 22.8 Å². The lowest BCUT2D eigenvalue weighted by atomic mass is 10.1. The van der Waals surface area contributed by atoms with Crippen molar-refractivity contribution in [2.75, 3.05) is 17.7 Å². The van der Waals surface area contributed by atoms with Gasteiger partial charge in [0.2, 0.25) is 15.9 Å². The number of hydrogen-bond donors (Lipinski definition) is 0. The largest absolute Gasteiger partial charge is 0.480 e. The number of rotatable bonds is 8. The molecule has 15 heteroatoms.